The van der Waals surface area contributed by atoms with E-state index in [0.717, 1.165) is 0 Å². The van der Waals surface area contributed by atoms with E-state index in [2.05, 4.69) is 4.72 Å². The van der Waals surface area contributed by atoms with Crippen molar-refractivity contribution in [2.75, 3.05) is 33.5 Å². The molecule has 0 atom stereocenters. The summed E-state index contributed by atoms with van der Waals surface area (Å²) >= 11 is 0. The predicted molar refractivity (Wildman–Crippen MR) is 76.7 cm³/mol. The maximum absolute atomic E-state index is 11.8. The third kappa shape index (κ3) is 7.19. The molecule has 1 aromatic rings. The van der Waals surface area contributed by atoms with Crippen LogP contribution in [-0.2, 0) is 25.2 Å². The van der Waals surface area contributed by atoms with E-state index in [0.29, 0.717) is 18.8 Å². The van der Waals surface area contributed by atoms with Crippen LogP contribution in [0.3, 0.4) is 0 Å². The molecule has 0 heterocycles. The van der Waals surface area contributed by atoms with Gasteiger partial charge in [-0.3, -0.25) is 0 Å². The van der Waals surface area contributed by atoms with Crippen LogP contribution in [0.1, 0.15) is 15.9 Å². The number of hydrogen-bond donors (Lipinski definition) is 2. The Morgan fingerprint density at radius 2 is 2.05 bits per heavy atom. The monoisotopic (exact) mass is 317 g/mol. The summed E-state index contributed by atoms with van der Waals surface area (Å²) in [5.74, 6) is -1.36. The molecule has 0 aliphatic heterocycles. The number of carbonyl (C=O) groups is 1. The molecule has 0 unspecified atom stereocenters. The lowest BCUT2D eigenvalue weighted by Gasteiger charge is -2.08. The highest BCUT2D eigenvalue weighted by atomic mass is 32.2. The van der Waals surface area contributed by atoms with E-state index in [1.807, 2.05) is 0 Å². The van der Waals surface area contributed by atoms with Crippen molar-refractivity contribution in [2.45, 2.75) is 5.75 Å². The second-order valence-corrected chi connectivity index (χ2v) is 6.07. The third-order valence-electron chi connectivity index (χ3n) is 2.53. The fraction of sp³-hybridized carbons (Fsp3) is 0.462. The molecule has 21 heavy (non-hydrogen) atoms. The molecule has 118 valence electrons. The van der Waals surface area contributed by atoms with E-state index in [4.69, 9.17) is 14.6 Å². The van der Waals surface area contributed by atoms with Crippen LogP contribution in [0.2, 0.25) is 0 Å². The van der Waals surface area contributed by atoms with Gasteiger partial charge in [0.15, 0.2) is 0 Å². The molecule has 2 N–H and O–H groups in total. The third-order valence-corrected chi connectivity index (χ3v) is 3.89. The van der Waals surface area contributed by atoms with Crippen LogP contribution in [0.5, 0.6) is 0 Å². The number of ether oxygens (including phenoxy) is 2. The van der Waals surface area contributed by atoms with Crippen LogP contribution in [-0.4, -0.2) is 53.0 Å². The number of methoxy groups -OCH3 is 1. The number of hydrogen-bond acceptors (Lipinski definition) is 5. The van der Waals surface area contributed by atoms with Gasteiger partial charge in [0.05, 0.1) is 31.1 Å². The van der Waals surface area contributed by atoms with E-state index in [1.54, 1.807) is 13.2 Å². The number of carboxylic acids is 1. The van der Waals surface area contributed by atoms with Gasteiger partial charge in [0, 0.05) is 13.7 Å². The van der Waals surface area contributed by atoms with Gasteiger partial charge in [-0.05, 0) is 17.7 Å². The summed E-state index contributed by atoms with van der Waals surface area (Å²) in [7, 11) is -1.97. The van der Waals surface area contributed by atoms with Crippen molar-refractivity contribution in [3.63, 3.8) is 0 Å². The standard InChI is InChI=1S/C13H19NO6S/c1-19-7-8-20-6-5-14-21(17,18)10-11-3-2-4-12(9-11)13(15)16/h2-4,9,14H,5-8,10H2,1H3,(H,15,16). The zero-order valence-electron chi connectivity index (χ0n) is 11.7. The van der Waals surface area contributed by atoms with Crippen LogP contribution in [0.15, 0.2) is 24.3 Å². The summed E-state index contributed by atoms with van der Waals surface area (Å²) in [6, 6.07) is 5.84. The van der Waals surface area contributed by atoms with Gasteiger partial charge < -0.3 is 14.6 Å². The summed E-state index contributed by atoms with van der Waals surface area (Å²) in [4.78, 5) is 10.8. The molecular weight excluding hydrogens is 298 g/mol. The summed E-state index contributed by atoms with van der Waals surface area (Å²) in [6.45, 7) is 1.26. The van der Waals surface area contributed by atoms with E-state index in [-0.39, 0.29) is 24.5 Å². The smallest absolute Gasteiger partial charge is 0.335 e. The van der Waals surface area contributed by atoms with Gasteiger partial charge >= 0.3 is 5.97 Å². The normalized spacial score (nSPS) is 11.5. The molecule has 0 saturated carbocycles. The average molecular weight is 317 g/mol. The molecule has 0 spiro atoms. The molecule has 0 bridgehead atoms. The topological polar surface area (TPSA) is 102 Å². The number of carboxylic acid groups (broad SMARTS) is 1. The fourth-order valence-corrected chi connectivity index (χ4v) is 2.69. The maximum atomic E-state index is 11.8. The Kier molecular flexibility index (Phi) is 7.30. The molecule has 0 radical (unpaired) electrons. The summed E-state index contributed by atoms with van der Waals surface area (Å²) in [5.41, 5.74) is 0.480. The number of nitrogens with one attached hydrogen (secondary N) is 1. The van der Waals surface area contributed by atoms with Gasteiger partial charge in [-0.25, -0.2) is 17.9 Å². The van der Waals surface area contributed by atoms with Crippen molar-refractivity contribution < 1.29 is 27.8 Å². The Morgan fingerprint density at radius 3 is 2.71 bits per heavy atom. The molecule has 0 amide bonds. The van der Waals surface area contributed by atoms with Crippen molar-refractivity contribution in [3.05, 3.63) is 35.4 Å². The Hall–Kier alpha value is -1.48. The van der Waals surface area contributed by atoms with Crippen molar-refractivity contribution in [2.24, 2.45) is 0 Å². The lowest BCUT2D eigenvalue weighted by atomic mass is 10.1. The van der Waals surface area contributed by atoms with Gasteiger partial charge in [-0.15, -0.1) is 0 Å². The van der Waals surface area contributed by atoms with E-state index >= 15 is 0 Å². The highest BCUT2D eigenvalue weighted by Crippen LogP contribution is 2.08. The minimum absolute atomic E-state index is 0.0607. The highest BCUT2D eigenvalue weighted by molar-refractivity contribution is 7.88. The maximum Gasteiger partial charge on any atom is 0.335 e. The van der Waals surface area contributed by atoms with Crippen LogP contribution in [0, 0.1) is 0 Å². The first-order valence-corrected chi connectivity index (χ1v) is 7.96. The van der Waals surface area contributed by atoms with Crippen LogP contribution < -0.4 is 4.72 Å². The molecule has 1 aromatic carbocycles. The first kappa shape index (κ1) is 17.6. The Labute approximate surface area is 123 Å². The van der Waals surface area contributed by atoms with Crippen molar-refractivity contribution in [1.29, 1.82) is 0 Å². The molecule has 1 rings (SSSR count). The lowest BCUT2D eigenvalue weighted by molar-refractivity contribution is 0.0696. The SMILES string of the molecule is COCCOCCNS(=O)(=O)Cc1cccc(C(=O)O)c1. The van der Waals surface area contributed by atoms with Crippen LogP contribution in [0.25, 0.3) is 0 Å². The molecule has 0 aliphatic carbocycles. The van der Waals surface area contributed by atoms with E-state index < -0.39 is 16.0 Å². The van der Waals surface area contributed by atoms with Gasteiger partial charge in [-0.2, -0.15) is 0 Å². The lowest BCUT2D eigenvalue weighted by Crippen LogP contribution is -2.29. The molecule has 0 aliphatic rings. The molecule has 0 aromatic heterocycles. The Balaban J connectivity index is 2.45. The average Bonchev–Trinajstić information content (AvgIpc) is 2.42. The summed E-state index contributed by atoms with van der Waals surface area (Å²) in [6.07, 6.45) is 0. The number of rotatable bonds is 10. The van der Waals surface area contributed by atoms with E-state index in [1.165, 1.54) is 18.2 Å². The first-order chi connectivity index (χ1) is 9.94. The molecule has 0 fully saturated rings. The molecule has 0 saturated heterocycles. The van der Waals surface area contributed by atoms with Crippen molar-refractivity contribution >= 4 is 16.0 Å². The van der Waals surface area contributed by atoms with Crippen molar-refractivity contribution in [3.8, 4) is 0 Å². The molecular formula is C13H19NO6S. The van der Waals surface area contributed by atoms with Gasteiger partial charge in [0.25, 0.3) is 0 Å². The largest absolute Gasteiger partial charge is 0.478 e. The number of benzene rings is 1. The van der Waals surface area contributed by atoms with Crippen LogP contribution in [0.4, 0.5) is 0 Å². The second kappa shape index (κ2) is 8.73. The fourth-order valence-electron chi connectivity index (χ4n) is 1.58. The minimum Gasteiger partial charge on any atom is -0.478 e. The summed E-state index contributed by atoms with van der Waals surface area (Å²) in [5, 5.41) is 8.86. The quantitative estimate of drug-likeness (QED) is 0.608. The van der Waals surface area contributed by atoms with Crippen molar-refractivity contribution in [1.82, 2.24) is 4.72 Å². The first-order valence-electron chi connectivity index (χ1n) is 6.31. The highest BCUT2D eigenvalue weighted by Gasteiger charge is 2.12. The van der Waals surface area contributed by atoms with E-state index in [9.17, 15) is 13.2 Å². The number of aromatic carboxylic acids is 1. The Bertz CT molecular complexity index is 558. The van der Waals surface area contributed by atoms with Gasteiger partial charge in [0.1, 0.15) is 0 Å². The Morgan fingerprint density at radius 1 is 1.29 bits per heavy atom. The zero-order chi connectivity index (χ0) is 15.7. The van der Waals surface area contributed by atoms with Crippen LogP contribution >= 0.6 is 0 Å². The predicted octanol–water partition coefficient (Wildman–Crippen LogP) is 0.467. The molecule has 8 heteroatoms. The second-order valence-electron chi connectivity index (χ2n) is 4.26. The zero-order valence-corrected chi connectivity index (χ0v) is 12.6. The minimum atomic E-state index is -3.52. The van der Waals surface area contributed by atoms with Gasteiger partial charge in [0.2, 0.25) is 10.0 Å². The molecule has 7 nitrogen and oxygen atoms in total. The number of sulfonamides is 1. The van der Waals surface area contributed by atoms with Gasteiger partial charge in [-0.1, -0.05) is 12.1 Å². The summed E-state index contributed by atoms with van der Waals surface area (Å²) < 4.78 is 36.0.